The maximum Gasteiger partial charge on any atom is 0.434 e. The molecule has 0 spiro atoms. The normalized spacial score (nSPS) is 12.5. The first kappa shape index (κ1) is 19.7. The van der Waals surface area contributed by atoms with Crippen molar-refractivity contribution in [2.45, 2.75) is 38.9 Å². The van der Waals surface area contributed by atoms with E-state index < -0.39 is 11.9 Å². The van der Waals surface area contributed by atoms with Crippen LogP contribution < -0.4 is 10.6 Å². The van der Waals surface area contributed by atoms with Crippen LogP contribution in [0.5, 0.6) is 0 Å². The number of hydrogen-bond acceptors (Lipinski definition) is 4. The van der Waals surface area contributed by atoms with Crippen molar-refractivity contribution in [1.29, 1.82) is 0 Å². The van der Waals surface area contributed by atoms with Crippen LogP contribution in [0.15, 0.2) is 10.4 Å². The summed E-state index contributed by atoms with van der Waals surface area (Å²) in [6, 6.07) is 0. The minimum Gasteiger partial charge on any atom is -0.385 e. The quantitative estimate of drug-likeness (QED) is 0.407. The first-order valence-electron chi connectivity index (χ1n) is 7.50. The van der Waals surface area contributed by atoms with Gasteiger partial charge >= 0.3 is 6.18 Å². The Kier molecular flexibility index (Phi) is 8.93. The molecule has 0 saturated carbocycles. The lowest BCUT2D eigenvalue weighted by Gasteiger charge is -2.10. The van der Waals surface area contributed by atoms with Crippen molar-refractivity contribution in [2.24, 2.45) is 4.99 Å². The summed E-state index contributed by atoms with van der Waals surface area (Å²) in [7, 11) is 1.68. The molecule has 0 saturated heterocycles. The van der Waals surface area contributed by atoms with E-state index in [1.165, 1.54) is 0 Å². The number of halogens is 3. The third-order valence-corrected chi connectivity index (χ3v) is 3.71. The maximum absolute atomic E-state index is 12.5. The molecule has 0 atom stereocenters. The third kappa shape index (κ3) is 8.17. The van der Waals surface area contributed by atoms with E-state index in [1.807, 2.05) is 6.92 Å². The van der Waals surface area contributed by atoms with Crippen molar-refractivity contribution in [3.63, 3.8) is 0 Å². The number of nitrogens with one attached hydrogen (secondary N) is 2. The SMILES string of the molecule is CCNC(=NCc1nc(C(F)(F)F)cs1)NCCCCCOC. The van der Waals surface area contributed by atoms with Crippen LogP contribution in [-0.4, -0.2) is 37.7 Å². The predicted octanol–water partition coefficient (Wildman–Crippen LogP) is 3.03. The lowest BCUT2D eigenvalue weighted by molar-refractivity contribution is -0.140. The van der Waals surface area contributed by atoms with E-state index in [9.17, 15) is 13.2 Å². The van der Waals surface area contributed by atoms with Gasteiger partial charge in [-0.25, -0.2) is 9.98 Å². The topological polar surface area (TPSA) is 58.5 Å². The van der Waals surface area contributed by atoms with E-state index in [-0.39, 0.29) is 6.54 Å². The number of nitrogens with zero attached hydrogens (tertiary/aromatic N) is 2. The molecule has 0 amide bonds. The van der Waals surface area contributed by atoms with Gasteiger partial charge in [-0.15, -0.1) is 11.3 Å². The van der Waals surface area contributed by atoms with Crippen LogP contribution in [0, 0.1) is 0 Å². The Labute approximate surface area is 138 Å². The van der Waals surface area contributed by atoms with Crippen LogP contribution >= 0.6 is 11.3 Å². The molecule has 0 bridgehead atoms. The second-order valence-corrected chi connectivity index (χ2v) is 5.74. The second-order valence-electron chi connectivity index (χ2n) is 4.80. The molecule has 23 heavy (non-hydrogen) atoms. The van der Waals surface area contributed by atoms with Crippen LogP contribution in [-0.2, 0) is 17.5 Å². The Bertz CT molecular complexity index is 477. The van der Waals surface area contributed by atoms with Crippen LogP contribution in [0.2, 0.25) is 0 Å². The van der Waals surface area contributed by atoms with Gasteiger partial charge in [-0.2, -0.15) is 13.2 Å². The molecule has 0 radical (unpaired) electrons. The van der Waals surface area contributed by atoms with Gasteiger partial charge in [0.2, 0.25) is 0 Å². The van der Waals surface area contributed by atoms with E-state index in [4.69, 9.17) is 4.74 Å². The summed E-state index contributed by atoms with van der Waals surface area (Å²) in [5, 5.41) is 7.58. The summed E-state index contributed by atoms with van der Waals surface area (Å²) in [6.45, 7) is 4.24. The molecule has 0 aliphatic carbocycles. The summed E-state index contributed by atoms with van der Waals surface area (Å²) in [5.41, 5.74) is -0.858. The second kappa shape index (κ2) is 10.4. The van der Waals surface area contributed by atoms with Crippen LogP contribution in [0.4, 0.5) is 13.2 Å². The minimum absolute atomic E-state index is 0.125. The molecule has 0 aromatic carbocycles. The van der Waals surface area contributed by atoms with E-state index in [1.54, 1.807) is 7.11 Å². The molecule has 0 unspecified atom stereocenters. The molecule has 0 fully saturated rings. The molecule has 1 rings (SSSR count). The Morgan fingerprint density at radius 3 is 2.70 bits per heavy atom. The van der Waals surface area contributed by atoms with Crippen LogP contribution in [0.1, 0.15) is 36.9 Å². The fraction of sp³-hybridized carbons (Fsp3) is 0.714. The largest absolute Gasteiger partial charge is 0.434 e. The molecule has 9 heteroatoms. The number of aliphatic imine (C=N–C) groups is 1. The summed E-state index contributed by atoms with van der Waals surface area (Å²) >= 11 is 0.966. The summed E-state index contributed by atoms with van der Waals surface area (Å²) < 4.78 is 42.4. The lowest BCUT2D eigenvalue weighted by Crippen LogP contribution is -2.37. The number of thiazole rings is 1. The van der Waals surface area contributed by atoms with E-state index in [2.05, 4.69) is 20.6 Å². The molecule has 2 N–H and O–H groups in total. The van der Waals surface area contributed by atoms with E-state index in [0.29, 0.717) is 17.5 Å². The van der Waals surface area contributed by atoms with Gasteiger partial charge in [0.25, 0.3) is 0 Å². The number of methoxy groups -OCH3 is 1. The van der Waals surface area contributed by atoms with Crippen LogP contribution in [0.25, 0.3) is 0 Å². The molecule has 1 aromatic heterocycles. The third-order valence-electron chi connectivity index (χ3n) is 2.88. The van der Waals surface area contributed by atoms with E-state index in [0.717, 1.165) is 49.1 Å². The maximum atomic E-state index is 12.5. The van der Waals surface area contributed by atoms with Crippen molar-refractivity contribution in [1.82, 2.24) is 15.6 Å². The Morgan fingerprint density at radius 2 is 2.09 bits per heavy atom. The van der Waals surface area contributed by atoms with Gasteiger partial charge in [0.15, 0.2) is 11.7 Å². The number of guanidine groups is 1. The first-order chi connectivity index (χ1) is 11.0. The van der Waals surface area contributed by atoms with Crippen molar-refractivity contribution in [2.75, 3.05) is 26.8 Å². The zero-order chi connectivity index (χ0) is 17.1. The molecular weight excluding hydrogens is 329 g/mol. The highest BCUT2D eigenvalue weighted by molar-refractivity contribution is 7.09. The number of unbranched alkanes of at least 4 members (excludes halogenated alkanes) is 2. The number of ether oxygens (including phenoxy) is 1. The summed E-state index contributed by atoms with van der Waals surface area (Å²) in [6.07, 6.45) is -1.38. The number of rotatable bonds is 9. The fourth-order valence-electron chi connectivity index (χ4n) is 1.76. The standard InChI is InChI=1S/C14H23F3N4OS/c1-3-18-13(19-7-5-4-6-8-22-2)20-9-12-21-11(10-23-12)14(15,16)17/h10H,3-9H2,1-2H3,(H2,18,19,20). The van der Waals surface area contributed by atoms with Gasteiger partial charge in [0.05, 0.1) is 6.54 Å². The minimum atomic E-state index is -4.40. The molecule has 1 aromatic rings. The highest BCUT2D eigenvalue weighted by Crippen LogP contribution is 2.30. The fourth-order valence-corrected chi connectivity index (χ4v) is 2.48. The summed E-state index contributed by atoms with van der Waals surface area (Å²) in [4.78, 5) is 7.82. The van der Waals surface area contributed by atoms with Crippen molar-refractivity contribution in [3.8, 4) is 0 Å². The lowest BCUT2D eigenvalue weighted by atomic mass is 10.2. The number of aromatic nitrogens is 1. The van der Waals surface area contributed by atoms with Gasteiger partial charge in [-0.1, -0.05) is 0 Å². The van der Waals surface area contributed by atoms with Gasteiger partial charge in [0, 0.05) is 32.2 Å². The smallest absolute Gasteiger partial charge is 0.385 e. The van der Waals surface area contributed by atoms with Gasteiger partial charge in [0.1, 0.15) is 5.01 Å². The average molecular weight is 352 g/mol. The van der Waals surface area contributed by atoms with Crippen molar-refractivity contribution >= 4 is 17.3 Å². The molecule has 0 aliphatic heterocycles. The average Bonchev–Trinajstić information content (AvgIpc) is 2.97. The Hall–Kier alpha value is -1.35. The molecule has 132 valence electrons. The number of alkyl halides is 3. The van der Waals surface area contributed by atoms with Crippen molar-refractivity contribution < 1.29 is 17.9 Å². The zero-order valence-corrected chi connectivity index (χ0v) is 14.2. The predicted molar refractivity (Wildman–Crippen MR) is 85.7 cm³/mol. The highest BCUT2D eigenvalue weighted by atomic mass is 32.1. The van der Waals surface area contributed by atoms with Gasteiger partial charge < -0.3 is 15.4 Å². The van der Waals surface area contributed by atoms with Gasteiger partial charge in [-0.05, 0) is 26.2 Å². The molecule has 0 aliphatic rings. The molecule has 5 nitrogen and oxygen atoms in total. The Morgan fingerprint density at radius 1 is 1.30 bits per heavy atom. The number of hydrogen-bond donors (Lipinski definition) is 2. The Balaban J connectivity index is 2.43. The van der Waals surface area contributed by atoms with E-state index >= 15 is 0 Å². The van der Waals surface area contributed by atoms with Gasteiger partial charge in [-0.3, -0.25) is 0 Å². The van der Waals surface area contributed by atoms with Crippen LogP contribution in [0.3, 0.4) is 0 Å². The zero-order valence-electron chi connectivity index (χ0n) is 13.4. The van der Waals surface area contributed by atoms with Crippen molar-refractivity contribution in [3.05, 3.63) is 16.1 Å². The summed E-state index contributed by atoms with van der Waals surface area (Å²) in [5.74, 6) is 0.586. The monoisotopic (exact) mass is 352 g/mol. The first-order valence-corrected chi connectivity index (χ1v) is 8.38. The molecular formula is C14H23F3N4OS. The highest BCUT2D eigenvalue weighted by Gasteiger charge is 2.33. The molecule has 1 heterocycles.